The lowest BCUT2D eigenvalue weighted by Crippen LogP contribution is -2.57. The number of nitrogens with zero attached hydrogens (tertiary/aromatic N) is 1. The molecule has 2 aliphatic heterocycles. The molecule has 4 fully saturated rings. The molecule has 2 aliphatic carbocycles. The Hall–Kier alpha value is -1.04. The van der Waals surface area contributed by atoms with Crippen molar-refractivity contribution in [2.45, 2.75) is 120 Å². The number of hydrogen-bond acceptors (Lipinski definition) is 2. The topological polar surface area (TPSA) is 56.4 Å². The lowest BCUT2D eigenvalue weighted by molar-refractivity contribution is 0.184. The molecular formula is C21H36N4OS. The fourth-order valence-electron chi connectivity index (χ4n) is 5.78. The Morgan fingerprint density at radius 2 is 1.15 bits per heavy atom. The van der Waals surface area contributed by atoms with E-state index in [1.165, 1.54) is 64.2 Å². The summed E-state index contributed by atoms with van der Waals surface area (Å²) in [6, 6.07) is 2.27. The molecule has 6 heteroatoms. The van der Waals surface area contributed by atoms with Crippen LogP contribution in [-0.4, -0.2) is 46.3 Å². The van der Waals surface area contributed by atoms with Crippen LogP contribution in [0.2, 0.25) is 0 Å². The number of urea groups is 1. The van der Waals surface area contributed by atoms with Gasteiger partial charge in [-0.15, -0.1) is 0 Å². The zero-order valence-electron chi connectivity index (χ0n) is 16.5. The molecular weight excluding hydrogens is 356 g/mol. The van der Waals surface area contributed by atoms with Gasteiger partial charge in [-0.05, 0) is 63.6 Å². The molecule has 0 spiro atoms. The molecule has 2 bridgehead atoms. The molecule has 2 saturated carbocycles. The van der Waals surface area contributed by atoms with E-state index in [4.69, 9.17) is 12.2 Å². The third kappa shape index (κ3) is 4.87. The zero-order valence-corrected chi connectivity index (χ0v) is 17.4. The summed E-state index contributed by atoms with van der Waals surface area (Å²) in [6.07, 6.45) is 17.1. The molecule has 0 aromatic rings. The van der Waals surface area contributed by atoms with Gasteiger partial charge in [0.15, 0.2) is 5.11 Å². The van der Waals surface area contributed by atoms with Crippen LogP contribution in [0.25, 0.3) is 0 Å². The highest BCUT2D eigenvalue weighted by molar-refractivity contribution is 7.80. The van der Waals surface area contributed by atoms with Gasteiger partial charge < -0.3 is 20.9 Å². The number of hydrogen-bond donors (Lipinski definition) is 3. The Kier molecular flexibility index (Phi) is 6.41. The molecule has 2 saturated heterocycles. The average molecular weight is 393 g/mol. The number of carbonyl (C=O) groups excluding carboxylic acids is 1. The van der Waals surface area contributed by atoms with Crippen LogP contribution in [0, 0.1) is 0 Å². The number of fused-ring (bicyclic) bond motifs is 2. The van der Waals surface area contributed by atoms with E-state index in [0.29, 0.717) is 30.2 Å². The molecule has 0 unspecified atom stereocenters. The standard InChI is InChI=1S/C21H36N4OS/c26-20(22-15-7-3-1-4-8-15)23-17-13-18-11-12-19(14-17)25(18)21(27)24-16-9-5-2-6-10-16/h15-19H,1-14H2,(H,24,27)(H2,22,23,26)/t18-,19-/m0/s1. The molecule has 3 N–H and O–H groups in total. The average Bonchev–Trinajstić information content (AvgIpc) is 2.94. The van der Waals surface area contributed by atoms with E-state index in [0.717, 1.165) is 30.8 Å². The smallest absolute Gasteiger partial charge is 0.315 e. The van der Waals surface area contributed by atoms with Gasteiger partial charge in [-0.1, -0.05) is 38.5 Å². The molecule has 152 valence electrons. The number of nitrogens with one attached hydrogen (secondary N) is 3. The highest BCUT2D eigenvalue weighted by Gasteiger charge is 2.42. The van der Waals surface area contributed by atoms with Crippen molar-refractivity contribution in [2.75, 3.05) is 0 Å². The second kappa shape index (κ2) is 8.97. The van der Waals surface area contributed by atoms with Gasteiger partial charge in [0.2, 0.25) is 0 Å². The Morgan fingerprint density at radius 1 is 0.667 bits per heavy atom. The van der Waals surface area contributed by atoms with Crippen molar-refractivity contribution in [3.8, 4) is 0 Å². The van der Waals surface area contributed by atoms with Gasteiger partial charge in [0.05, 0.1) is 0 Å². The van der Waals surface area contributed by atoms with Crippen LogP contribution in [0.15, 0.2) is 0 Å². The quantitative estimate of drug-likeness (QED) is 0.639. The lowest BCUT2D eigenvalue weighted by atomic mass is 9.95. The van der Waals surface area contributed by atoms with E-state index < -0.39 is 0 Å². The molecule has 0 radical (unpaired) electrons. The molecule has 27 heavy (non-hydrogen) atoms. The van der Waals surface area contributed by atoms with E-state index in [1.54, 1.807) is 0 Å². The monoisotopic (exact) mass is 392 g/mol. The van der Waals surface area contributed by atoms with Gasteiger partial charge in [0.1, 0.15) is 0 Å². The number of amides is 2. The predicted molar refractivity (Wildman–Crippen MR) is 113 cm³/mol. The van der Waals surface area contributed by atoms with Crippen molar-refractivity contribution >= 4 is 23.4 Å². The summed E-state index contributed by atoms with van der Waals surface area (Å²) < 4.78 is 0. The van der Waals surface area contributed by atoms with Gasteiger partial charge >= 0.3 is 6.03 Å². The third-order valence-electron chi connectivity index (χ3n) is 7.18. The molecule has 2 heterocycles. The first-order chi connectivity index (χ1) is 13.2. The minimum absolute atomic E-state index is 0.0441. The zero-order chi connectivity index (χ0) is 18.6. The maximum Gasteiger partial charge on any atom is 0.315 e. The summed E-state index contributed by atoms with van der Waals surface area (Å²) in [5.41, 5.74) is 0. The van der Waals surface area contributed by atoms with Crippen LogP contribution in [0.4, 0.5) is 4.79 Å². The van der Waals surface area contributed by atoms with Crippen molar-refractivity contribution in [1.82, 2.24) is 20.9 Å². The predicted octanol–water partition coefficient (Wildman–Crippen LogP) is 3.82. The van der Waals surface area contributed by atoms with Crippen LogP contribution in [0.3, 0.4) is 0 Å². The number of rotatable bonds is 3. The summed E-state index contributed by atoms with van der Waals surface area (Å²) in [6.45, 7) is 0. The molecule has 2 atom stereocenters. The van der Waals surface area contributed by atoms with Crippen molar-refractivity contribution in [2.24, 2.45) is 0 Å². The summed E-state index contributed by atoms with van der Waals surface area (Å²) in [4.78, 5) is 14.9. The summed E-state index contributed by atoms with van der Waals surface area (Å²) in [5.74, 6) is 0. The minimum Gasteiger partial charge on any atom is -0.360 e. The van der Waals surface area contributed by atoms with Crippen LogP contribution < -0.4 is 16.0 Å². The first-order valence-corrected chi connectivity index (χ1v) is 11.8. The Labute approximate surface area is 169 Å². The maximum atomic E-state index is 12.4. The summed E-state index contributed by atoms with van der Waals surface area (Å²) in [7, 11) is 0. The third-order valence-corrected chi connectivity index (χ3v) is 7.50. The molecule has 5 nitrogen and oxygen atoms in total. The van der Waals surface area contributed by atoms with E-state index in [1.807, 2.05) is 0 Å². The largest absolute Gasteiger partial charge is 0.360 e. The van der Waals surface area contributed by atoms with Gasteiger partial charge in [-0.3, -0.25) is 0 Å². The van der Waals surface area contributed by atoms with Crippen LogP contribution in [0.5, 0.6) is 0 Å². The maximum absolute atomic E-state index is 12.4. The SMILES string of the molecule is O=C(NC1CCCCC1)NC1C[C@@H]2CC[C@@H](C1)N2C(=S)NC1CCCCC1. The summed E-state index contributed by atoms with van der Waals surface area (Å²) >= 11 is 5.80. The van der Waals surface area contributed by atoms with Gasteiger partial charge in [0, 0.05) is 30.2 Å². The van der Waals surface area contributed by atoms with E-state index >= 15 is 0 Å². The van der Waals surface area contributed by atoms with Crippen molar-refractivity contribution in [3.63, 3.8) is 0 Å². The minimum atomic E-state index is 0.0441. The number of carbonyl (C=O) groups is 1. The molecule has 0 aromatic carbocycles. The van der Waals surface area contributed by atoms with Gasteiger partial charge in [0.25, 0.3) is 0 Å². The normalized spacial score (nSPS) is 32.1. The molecule has 0 aromatic heterocycles. The Balaban J connectivity index is 1.25. The first-order valence-electron chi connectivity index (χ1n) is 11.3. The number of thiocarbonyl (C=S) groups is 1. The molecule has 4 rings (SSSR count). The van der Waals surface area contributed by atoms with Crippen LogP contribution in [0.1, 0.15) is 89.9 Å². The summed E-state index contributed by atoms with van der Waals surface area (Å²) in [5, 5.41) is 11.1. The second-order valence-electron chi connectivity index (χ2n) is 9.20. The second-order valence-corrected chi connectivity index (χ2v) is 9.58. The van der Waals surface area contributed by atoms with Crippen LogP contribution in [-0.2, 0) is 0 Å². The first kappa shape index (κ1) is 19.3. The fraction of sp³-hybridized carbons (Fsp3) is 0.905. The van der Waals surface area contributed by atoms with E-state index in [9.17, 15) is 4.79 Å². The van der Waals surface area contributed by atoms with Crippen LogP contribution >= 0.6 is 12.2 Å². The van der Waals surface area contributed by atoms with Crippen molar-refractivity contribution in [3.05, 3.63) is 0 Å². The van der Waals surface area contributed by atoms with Gasteiger partial charge in [-0.25, -0.2) is 4.79 Å². The van der Waals surface area contributed by atoms with Crippen molar-refractivity contribution in [1.29, 1.82) is 0 Å². The Bertz CT molecular complexity index is 516. The highest BCUT2D eigenvalue weighted by Crippen LogP contribution is 2.36. The molecule has 4 aliphatic rings. The van der Waals surface area contributed by atoms with E-state index in [2.05, 4.69) is 20.9 Å². The van der Waals surface area contributed by atoms with E-state index in [-0.39, 0.29) is 6.03 Å². The van der Waals surface area contributed by atoms with Crippen molar-refractivity contribution < 1.29 is 4.79 Å². The Morgan fingerprint density at radius 3 is 1.70 bits per heavy atom. The molecule has 2 amide bonds. The van der Waals surface area contributed by atoms with Gasteiger partial charge in [-0.2, -0.15) is 0 Å². The number of piperidine rings is 1. The highest BCUT2D eigenvalue weighted by atomic mass is 32.1. The fourth-order valence-corrected chi connectivity index (χ4v) is 6.25. The lowest BCUT2D eigenvalue weighted by Gasteiger charge is -2.42.